The summed E-state index contributed by atoms with van der Waals surface area (Å²) >= 11 is 0. The van der Waals surface area contributed by atoms with Gasteiger partial charge in [0.25, 0.3) is 5.92 Å². The molecule has 1 aromatic rings. The van der Waals surface area contributed by atoms with E-state index in [1.807, 2.05) is 0 Å². The summed E-state index contributed by atoms with van der Waals surface area (Å²) in [5.41, 5.74) is 1.54. The molecule has 7 heteroatoms. The fourth-order valence-corrected chi connectivity index (χ4v) is 3.71. The van der Waals surface area contributed by atoms with E-state index in [2.05, 4.69) is 5.32 Å². The number of halogens is 2. The molecule has 0 saturated carbocycles. The van der Waals surface area contributed by atoms with Crippen molar-refractivity contribution in [2.75, 3.05) is 32.1 Å². The molecule has 1 N–H and O–H groups in total. The minimum absolute atomic E-state index is 0.246. The van der Waals surface area contributed by atoms with Gasteiger partial charge in [-0.1, -0.05) is 12.1 Å². The molecule has 0 aliphatic carbocycles. The molecule has 0 bridgehead atoms. The molecule has 2 atom stereocenters. The lowest BCUT2D eigenvalue weighted by Gasteiger charge is -2.42. The number of alkyl halides is 2. The molecule has 2 fully saturated rings. The maximum atomic E-state index is 14.3. The van der Waals surface area contributed by atoms with Gasteiger partial charge in [0.1, 0.15) is 0 Å². The van der Waals surface area contributed by atoms with E-state index in [0.29, 0.717) is 25.8 Å². The first-order chi connectivity index (χ1) is 11.8. The zero-order valence-electron chi connectivity index (χ0n) is 14.5. The molecule has 25 heavy (non-hydrogen) atoms. The minimum Gasteiger partial charge on any atom is -0.365 e. The van der Waals surface area contributed by atoms with Gasteiger partial charge in [-0.15, -0.1) is 0 Å². The number of carbonyl (C=O) groups is 2. The lowest BCUT2D eigenvalue weighted by Crippen LogP contribution is -2.56. The SMILES string of the molecule is CN(C)C1CCN(c2ccc(C3CCC(=O)NC3=O)cc2)CC1(F)F. The van der Waals surface area contributed by atoms with Crippen LogP contribution in [0.3, 0.4) is 0 Å². The number of anilines is 1. The minimum atomic E-state index is -2.77. The largest absolute Gasteiger partial charge is 0.365 e. The van der Waals surface area contributed by atoms with Crippen molar-refractivity contribution >= 4 is 17.5 Å². The van der Waals surface area contributed by atoms with Crippen molar-refractivity contribution in [3.8, 4) is 0 Å². The van der Waals surface area contributed by atoms with Crippen LogP contribution in [0.1, 0.15) is 30.7 Å². The Bertz CT molecular complexity index is 661. The van der Waals surface area contributed by atoms with Gasteiger partial charge in [0.2, 0.25) is 11.8 Å². The fourth-order valence-electron chi connectivity index (χ4n) is 3.71. The zero-order chi connectivity index (χ0) is 18.2. The molecule has 2 heterocycles. The van der Waals surface area contributed by atoms with Crippen molar-refractivity contribution in [1.29, 1.82) is 0 Å². The molecule has 1 aromatic carbocycles. The summed E-state index contributed by atoms with van der Waals surface area (Å²) < 4.78 is 28.7. The van der Waals surface area contributed by atoms with Crippen LogP contribution in [0.25, 0.3) is 0 Å². The lowest BCUT2D eigenvalue weighted by molar-refractivity contribution is -0.134. The van der Waals surface area contributed by atoms with Gasteiger partial charge in [0.05, 0.1) is 18.5 Å². The Morgan fingerprint density at radius 3 is 2.40 bits per heavy atom. The van der Waals surface area contributed by atoms with E-state index in [0.717, 1.165) is 11.3 Å². The summed E-state index contributed by atoms with van der Waals surface area (Å²) in [4.78, 5) is 26.4. The van der Waals surface area contributed by atoms with E-state index >= 15 is 0 Å². The maximum Gasteiger partial charge on any atom is 0.280 e. The average Bonchev–Trinajstić information content (AvgIpc) is 2.53. The topological polar surface area (TPSA) is 52.6 Å². The third-order valence-corrected chi connectivity index (χ3v) is 5.08. The summed E-state index contributed by atoms with van der Waals surface area (Å²) in [7, 11) is 3.37. The van der Waals surface area contributed by atoms with Crippen LogP contribution < -0.4 is 10.2 Å². The smallest absolute Gasteiger partial charge is 0.280 e. The Balaban J connectivity index is 1.71. The van der Waals surface area contributed by atoms with Crippen LogP contribution in [0.2, 0.25) is 0 Å². The van der Waals surface area contributed by atoms with Crippen molar-refractivity contribution in [1.82, 2.24) is 10.2 Å². The molecule has 0 spiro atoms. The predicted octanol–water partition coefficient (Wildman–Crippen LogP) is 1.98. The van der Waals surface area contributed by atoms with E-state index in [1.165, 1.54) is 0 Å². The summed E-state index contributed by atoms with van der Waals surface area (Å²) in [5.74, 6) is -3.66. The zero-order valence-corrected chi connectivity index (χ0v) is 14.5. The number of nitrogens with one attached hydrogen (secondary N) is 1. The van der Waals surface area contributed by atoms with Crippen molar-refractivity contribution in [2.45, 2.75) is 37.1 Å². The van der Waals surface area contributed by atoms with E-state index in [1.54, 1.807) is 48.2 Å². The second-order valence-electron chi connectivity index (χ2n) is 7.05. The van der Waals surface area contributed by atoms with E-state index in [4.69, 9.17) is 0 Å². The maximum absolute atomic E-state index is 14.3. The Morgan fingerprint density at radius 2 is 1.84 bits per heavy atom. The first-order valence-corrected chi connectivity index (χ1v) is 8.51. The Labute approximate surface area is 146 Å². The molecular formula is C18H23F2N3O2. The van der Waals surface area contributed by atoms with E-state index in [9.17, 15) is 18.4 Å². The Kier molecular flexibility index (Phi) is 4.77. The highest BCUT2D eigenvalue weighted by Gasteiger charge is 2.45. The molecule has 3 rings (SSSR count). The number of rotatable bonds is 3. The molecule has 5 nitrogen and oxygen atoms in total. The normalized spacial score (nSPS) is 26.7. The number of hydrogen-bond acceptors (Lipinski definition) is 4. The molecule has 136 valence electrons. The Hall–Kier alpha value is -2.02. The summed E-state index contributed by atoms with van der Waals surface area (Å²) in [6, 6.07) is 6.42. The molecule has 2 amide bonds. The molecule has 2 aliphatic heterocycles. The number of benzene rings is 1. The number of hydrogen-bond donors (Lipinski definition) is 1. The first kappa shape index (κ1) is 17.8. The first-order valence-electron chi connectivity index (χ1n) is 8.51. The summed E-state index contributed by atoms with van der Waals surface area (Å²) in [6.45, 7) is 0.254. The van der Waals surface area contributed by atoms with Crippen molar-refractivity contribution in [2.24, 2.45) is 0 Å². The molecule has 0 radical (unpaired) electrons. The highest BCUT2D eigenvalue weighted by molar-refractivity contribution is 6.00. The van der Waals surface area contributed by atoms with Gasteiger partial charge in [-0.3, -0.25) is 14.9 Å². The van der Waals surface area contributed by atoms with Gasteiger partial charge in [-0.25, -0.2) is 8.78 Å². The fraction of sp³-hybridized carbons (Fsp3) is 0.556. The lowest BCUT2D eigenvalue weighted by atomic mass is 9.90. The van der Waals surface area contributed by atoms with Gasteiger partial charge in [-0.2, -0.15) is 0 Å². The van der Waals surface area contributed by atoms with Crippen LogP contribution in [-0.4, -0.2) is 55.9 Å². The molecule has 2 aliphatic rings. The molecular weight excluding hydrogens is 328 g/mol. The van der Waals surface area contributed by atoms with Crippen molar-refractivity contribution < 1.29 is 18.4 Å². The average molecular weight is 351 g/mol. The molecule has 0 aromatic heterocycles. The third kappa shape index (κ3) is 3.66. The van der Waals surface area contributed by atoms with Crippen LogP contribution in [0.15, 0.2) is 24.3 Å². The Morgan fingerprint density at radius 1 is 1.16 bits per heavy atom. The van der Waals surface area contributed by atoms with E-state index < -0.39 is 12.0 Å². The number of nitrogens with zero attached hydrogens (tertiary/aromatic N) is 2. The monoisotopic (exact) mass is 351 g/mol. The highest BCUT2D eigenvalue weighted by Crippen LogP contribution is 2.33. The van der Waals surface area contributed by atoms with Crippen molar-refractivity contribution in [3.05, 3.63) is 29.8 Å². The van der Waals surface area contributed by atoms with Crippen LogP contribution in [-0.2, 0) is 9.59 Å². The highest BCUT2D eigenvalue weighted by atomic mass is 19.3. The number of amides is 2. The number of imide groups is 1. The van der Waals surface area contributed by atoms with Gasteiger partial charge >= 0.3 is 0 Å². The number of carbonyl (C=O) groups excluding carboxylic acids is 2. The number of piperidine rings is 2. The van der Waals surface area contributed by atoms with Crippen LogP contribution in [0, 0.1) is 0 Å². The third-order valence-electron chi connectivity index (χ3n) is 5.08. The van der Waals surface area contributed by atoms with Gasteiger partial charge in [-0.05, 0) is 44.6 Å². The van der Waals surface area contributed by atoms with Gasteiger partial charge < -0.3 is 9.80 Å². The molecule has 2 saturated heterocycles. The van der Waals surface area contributed by atoms with Gasteiger partial charge in [0.15, 0.2) is 0 Å². The van der Waals surface area contributed by atoms with Crippen molar-refractivity contribution in [3.63, 3.8) is 0 Å². The van der Waals surface area contributed by atoms with E-state index in [-0.39, 0.29) is 24.3 Å². The predicted molar refractivity (Wildman–Crippen MR) is 90.8 cm³/mol. The van der Waals surface area contributed by atoms with Crippen LogP contribution >= 0.6 is 0 Å². The second-order valence-corrected chi connectivity index (χ2v) is 7.05. The molecule has 2 unspecified atom stereocenters. The summed E-state index contributed by atoms with van der Waals surface area (Å²) in [6.07, 6.45) is 1.20. The van der Waals surface area contributed by atoms with Gasteiger partial charge in [0, 0.05) is 18.7 Å². The standard InChI is InChI=1S/C18H23F2N3O2/c1-22(2)15-9-10-23(11-18(15,19)20)13-5-3-12(4-6-13)14-7-8-16(24)21-17(14)25/h3-6,14-15H,7-11H2,1-2H3,(H,21,24,25). The second kappa shape index (κ2) is 6.71. The summed E-state index contributed by atoms with van der Waals surface area (Å²) in [5, 5.41) is 2.34. The quantitative estimate of drug-likeness (QED) is 0.846. The van der Waals surface area contributed by atoms with Crippen LogP contribution in [0.5, 0.6) is 0 Å². The van der Waals surface area contributed by atoms with Crippen LogP contribution in [0.4, 0.5) is 14.5 Å².